The minimum absolute atomic E-state index is 0.542. The molecule has 20 heavy (non-hydrogen) atoms. The lowest BCUT2D eigenvalue weighted by atomic mass is 9.85. The summed E-state index contributed by atoms with van der Waals surface area (Å²) in [6.45, 7) is 2.85. The molecule has 1 aromatic rings. The van der Waals surface area contributed by atoms with Gasteiger partial charge in [0.15, 0.2) is 0 Å². The van der Waals surface area contributed by atoms with E-state index in [1.54, 1.807) is 0 Å². The molecule has 108 valence electrons. The van der Waals surface area contributed by atoms with Gasteiger partial charge < -0.3 is 9.84 Å². The maximum Gasteiger partial charge on any atom is 0.310 e. The van der Waals surface area contributed by atoms with Gasteiger partial charge in [-0.3, -0.25) is 9.69 Å². The van der Waals surface area contributed by atoms with Crippen molar-refractivity contribution in [2.24, 2.45) is 5.41 Å². The summed E-state index contributed by atoms with van der Waals surface area (Å²) in [4.78, 5) is 13.9. The van der Waals surface area contributed by atoms with E-state index in [2.05, 4.69) is 11.0 Å². The third kappa shape index (κ3) is 2.52. The Balaban J connectivity index is 1.76. The topological polar surface area (TPSA) is 49.8 Å². The van der Waals surface area contributed by atoms with Gasteiger partial charge in [0.2, 0.25) is 0 Å². The number of rotatable bonds is 3. The first-order chi connectivity index (χ1) is 9.70. The molecular formula is C16H21NO3. The fourth-order valence-corrected chi connectivity index (χ4v) is 3.43. The molecule has 3 rings (SSSR count). The quantitative estimate of drug-likeness (QED) is 0.921. The fourth-order valence-electron chi connectivity index (χ4n) is 3.43. The highest BCUT2D eigenvalue weighted by Crippen LogP contribution is 2.39. The van der Waals surface area contributed by atoms with Crippen molar-refractivity contribution in [1.82, 2.24) is 4.90 Å². The predicted molar refractivity (Wildman–Crippen MR) is 75.8 cm³/mol. The lowest BCUT2D eigenvalue weighted by Gasteiger charge is -2.31. The van der Waals surface area contributed by atoms with Gasteiger partial charge in [0.05, 0.1) is 5.41 Å². The molecule has 0 radical (unpaired) electrons. The van der Waals surface area contributed by atoms with Gasteiger partial charge in [-0.1, -0.05) is 31.0 Å². The lowest BCUT2D eigenvalue weighted by Crippen LogP contribution is -2.42. The van der Waals surface area contributed by atoms with E-state index in [-0.39, 0.29) is 0 Å². The molecule has 4 heteroatoms. The number of benzene rings is 1. The molecule has 0 saturated heterocycles. The summed E-state index contributed by atoms with van der Waals surface area (Å²) in [6, 6.07) is 8.04. The second-order valence-electron chi connectivity index (χ2n) is 5.96. The van der Waals surface area contributed by atoms with Crippen LogP contribution in [-0.2, 0) is 11.3 Å². The Morgan fingerprint density at radius 3 is 2.80 bits per heavy atom. The minimum atomic E-state index is -0.631. The minimum Gasteiger partial charge on any atom is -0.492 e. The maximum absolute atomic E-state index is 11.7. The first-order valence-corrected chi connectivity index (χ1v) is 7.36. The molecule has 0 atom stereocenters. The maximum atomic E-state index is 11.7. The molecule has 1 aliphatic carbocycles. The third-order valence-electron chi connectivity index (χ3n) is 4.57. The summed E-state index contributed by atoms with van der Waals surface area (Å²) >= 11 is 0. The Bertz CT molecular complexity index is 494. The van der Waals surface area contributed by atoms with E-state index in [1.165, 1.54) is 0 Å². The van der Waals surface area contributed by atoms with Crippen LogP contribution >= 0.6 is 0 Å². The molecule has 0 bridgehead atoms. The van der Waals surface area contributed by atoms with Crippen LogP contribution in [0, 0.1) is 5.41 Å². The van der Waals surface area contributed by atoms with E-state index in [1.807, 2.05) is 18.2 Å². The SMILES string of the molecule is O=C(O)C1(CN2CCOc3ccccc3C2)CCCC1. The van der Waals surface area contributed by atoms with Crippen molar-refractivity contribution >= 4 is 5.97 Å². The Morgan fingerprint density at radius 1 is 1.30 bits per heavy atom. The monoisotopic (exact) mass is 275 g/mol. The van der Waals surface area contributed by atoms with Crippen LogP contribution in [0.5, 0.6) is 5.75 Å². The van der Waals surface area contributed by atoms with Gasteiger partial charge in [0.1, 0.15) is 12.4 Å². The molecule has 1 aliphatic heterocycles. The van der Waals surface area contributed by atoms with Crippen LogP contribution in [0.15, 0.2) is 24.3 Å². The van der Waals surface area contributed by atoms with Gasteiger partial charge in [-0.2, -0.15) is 0 Å². The Morgan fingerprint density at radius 2 is 2.05 bits per heavy atom. The van der Waals surface area contributed by atoms with Crippen molar-refractivity contribution in [2.75, 3.05) is 19.7 Å². The van der Waals surface area contributed by atoms with E-state index in [0.29, 0.717) is 13.2 Å². The molecule has 1 fully saturated rings. The normalized spacial score (nSPS) is 21.8. The molecule has 4 nitrogen and oxygen atoms in total. The number of hydrogen-bond donors (Lipinski definition) is 1. The number of nitrogens with zero attached hydrogens (tertiary/aromatic N) is 1. The van der Waals surface area contributed by atoms with Gasteiger partial charge >= 0.3 is 5.97 Å². The van der Waals surface area contributed by atoms with E-state index in [0.717, 1.165) is 50.1 Å². The Hall–Kier alpha value is -1.55. The number of carboxylic acids is 1. The van der Waals surface area contributed by atoms with E-state index < -0.39 is 11.4 Å². The molecular weight excluding hydrogens is 254 g/mol. The number of para-hydroxylation sites is 1. The first-order valence-electron chi connectivity index (χ1n) is 7.36. The fraction of sp³-hybridized carbons (Fsp3) is 0.562. The van der Waals surface area contributed by atoms with Crippen LogP contribution in [0.4, 0.5) is 0 Å². The predicted octanol–water partition coefficient (Wildman–Crippen LogP) is 2.53. The van der Waals surface area contributed by atoms with Crippen molar-refractivity contribution in [3.63, 3.8) is 0 Å². The molecule has 1 N–H and O–H groups in total. The molecule has 0 aromatic heterocycles. The summed E-state index contributed by atoms with van der Waals surface area (Å²) in [5.74, 6) is 0.305. The number of aliphatic carboxylic acids is 1. The van der Waals surface area contributed by atoms with Gasteiger partial charge in [0.25, 0.3) is 0 Å². The molecule has 1 aromatic carbocycles. The smallest absolute Gasteiger partial charge is 0.310 e. The number of ether oxygens (including phenoxy) is 1. The van der Waals surface area contributed by atoms with Gasteiger partial charge in [-0.05, 0) is 18.9 Å². The van der Waals surface area contributed by atoms with Gasteiger partial charge in [-0.15, -0.1) is 0 Å². The largest absolute Gasteiger partial charge is 0.492 e. The number of hydrogen-bond acceptors (Lipinski definition) is 3. The van der Waals surface area contributed by atoms with E-state index in [9.17, 15) is 9.90 Å². The van der Waals surface area contributed by atoms with Crippen LogP contribution < -0.4 is 4.74 Å². The highest BCUT2D eigenvalue weighted by atomic mass is 16.5. The average Bonchev–Trinajstić information content (AvgIpc) is 2.81. The van der Waals surface area contributed by atoms with Crippen molar-refractivity contribution < 1.29 is 14.6 Å². The number of carbonyl (C=O) groups is 1. The molecule has 1 saturated carbocycles. The Kier molecular flexibility index (Phi) is 3.66. The zero-order valence-corrected chi connectivity index (χ0v) is 11.7. The van der Waals surface area contributed by atoms with E-state index in [4.69, 9.17) is 4.74 Å². The summed E-state index contributed by atoms with van der Waals surface area (Å²) in [5.41, 5.74) is 0.614. The van der Waals surface area contributed by atoms with Crippen LogP contribution in [-0.4, -0.2) is 35.7 Å². The van der Waals surface area contributed by atoms with Crippen LogP contribution in [0.2, 0.25) is 0 Å². The highest BCUT2D eigenvalue weighted by molar-refractivity contribution is 5.75. The van der Waals surface area contributed by atoms with E-state index >= 15 is 0 Å². The molecule has 0 unspecified atom stereocenters. The Labute approximate surface area is 119 Å². The summed E-state index contributed by atoms with van der Waals surface area (Å²) in [7, 11) is 0. The zero-order chi connectivity index (χ0) is 14.0. The molecule has 1 heterocycles. The molecule has 0 spiro atoms. The van der Waals surface area contributed by atoms with Crippen molar-refractivity contribution in [3.05, 3.63) is 29.8 Å². The highest BCUT2D eigenvalue weighted by Gasteiger charge is 2.42. The van der Waals surface area contributed by atoms with Gasteiger partial charge in [-0.25, -0.2) is 0 Å². The summed E-state index contributed by atoms with van der Waals surface area (Å²) in [5, 5.41) is 9.60. The van der Waals surface area contributed by atoms with Crippen LogP contribution in [0.25, 0.3) is 0 Å². The molecule has 2 aliphatic rings. The second-order valence-corrected chi connectivity index (χ2v) is 5.96. The second kappa shape index (κ2) is 5.44. The number of fused-ring (bicyclic) bond motifs is 1. The third-order valence-corrected chi connectivity index (χ3v) is 4.57. The van der Waals surface area contributed by atoms with Crippen molar-refractivity contribution in [3.8, 4) is 5.75 Å². The van der Waals surface area contributed by atoms with Gasteiger partial charge in [0, 0.05) is 25.2 Å². The summed E-state index contributed by atoms with van der Waals surface area (Å²) < 4.78 is 5.75. The van der Waals surface area contributed by atoms with Crippen LogP contribution in [0.3, 0.4) is 0 Å². The standard InChI is InChI=1S/C16H21NO3/c18-15(19)16(7-3-4-8-16)12-17-9-10-20-14-6-2-1-5-13(14)11-17/h1-2,5-6H,3-4,7-12H2,(H,18,19). The van der Waals surface area contributed by atoms with Crippen molar-refractivity contribution in [1.29, 1.82) is 0 Å². The lowest BCUT2D eigenvalue weighted by molar-refractivity contribution is -0.150. The number of carboxylic acid groups (broad SMARTS) is 1. The zero-order valence-electron chi connectivity index (χ0n) is 11.7. The average molecular weight is 275 g/mol. The van der Waals surface area contributed by atoms with Crippen LogP contribution in [0.1, 0.15) is 31.2 Å². The van der Waals surface area contributed by atoms with Crippen molar-refractivity contribution in [2.45, 2.75) is 32.2 Å². The first kappa shape index (κ1) is 13.4. The summed E-state index contributed by atoms with van der Waals surface area (Å²) in [6.07, 6.45) is 3.68. The molecule has 0 amide bonds.